The van der Waals surface area contributed by atoms with Crippen molar-refractivity contribution in [2.45, 2.75) is 31.7 Å². The van der Waals surface area contributed by atoms with Crippen molar-refractivity contribution >= 4 is 28.0 Å². The predicted octanol–water partition coefficient (Wildman–Crippen LogP) is 3.46. The number of carboxylic acids is 1. The van der Waals surface area contributed by atoms with Crippen molar-refractivity contribution in [2.24, 2.45) is 5.92 Å². The number of aliphatic carboxylic acids is 1. The lowest BCUT2D eigenvalue weighted by Gasteiger charge is -2.28. The molecule has 0 bridgehead atoms. The molecule has 22 heavy (non-hydrogen) atoms. The summed E-state index contributed by atoms with van der Waals surface area (Å²) in [7, 11) is 0. The fraction of sp³-hybridized carbons (Fsp3) is 0.471. The third-order valence-corrected chi connectivity index (χ3v) is 4.93. The number of carboxylic acid groups (broad SMARTS) is 1. The fourth-order valence-corrected chi connectivity index (χ4v) is 3.50. The smallest absolute Gasteiger partial charge is 0.306 e. The first-order valence-corrected chi connectivity index (χ1v) is 8.49. The number of carbonyl (C=O) groups is 1. The minimum absolute atomic E-state index is 0.153. The van der Waals surface area contributed by atoms with E-state index in [1.807, 2.05) is 12.1 Å². The summed E-state index contributed by atoms with van der Waals surface area (Å²) in [6, 6.07) is 6.44. The number of hydrogen-bond donors (Lipinski definition) is 2. The Kier molecular flexibility index (Phi) is 4.84. The van der Waals surface area contributed by atoms with Crippen molar-refractivity contribution in [3.05, 3.63) is 33.8 Å². The second-order valence-electron chi connectivity index (χ2n) is 6.04. The molecule has 1 heterocycles. The molecule has 1 saturated carbocycles. The third kappa shape index (κ3) is 3.70. The largest absolute Gasteiger partial charge is 0.489 e. The van der Waals surface area contributed by atoms with Crippen LogP contribution < -0.4 is 10.1 Å². The Morgan fingerprint density at radius 3 is 2.82 bits per heavy atom. The lowest BCUT2D eigenvalue weighted by atomic mass is 9.86. The molecular weight excluding hydrogens is 346 g/mol. The molecule has 1 aromatic carbocycles. The van der Waals surface area contributed by atoms with Crippen LogP contribution in [0, 0.1) is 5.92 Å². The normalized spacial score (nSPS) is 24.1. The number of hydrogen-bond acceptors (Lipinski definition) is 3. The SMILES string of the molecule is O=C(O)C1CCC(NCC2=Cc3cc(Br)ccc3OC2)CC1. The number of ether oxygens (including phenoxy) is 1. The van der Waals surface area contributed by atoms with Gasteiger partial charge in [-0.05, 0) is 55.5 Å². The van der Waals surface area contributed by atoms with E-state index in [1.165, 1.54) is 5.57 Å². The standard InChI is InChI=1S/C17H20BrNO3/c18-14-3-6-16-13(8-14)7-11(10-22-16)9-19-15-4-1-12(2-5-15)17(20)21/h3,6-8,12,15,19H,1-2,4-5,9-10H2,(H,20,21). The highest BCUT2D eigenvalue weighted by Gasteiger charge is 2.25. The van der Waals surface area contributed by atoms with Gasteiger partial charge in [-0.3, -0.25) is 4.79 Å². The minimum Gasteiger partial charge on any atom is -0.489 e. The maximum atomic E-state index is 11.0. The first-order chi connectivity index (χ1) is 10.6. The Morgan fingerprint density at radius 1 is 1.32 bits per heavy atom. The first-order valence-electron chi connectivity index (χ1n) is 7.70. The van der Waals surface area contributed by atoms with Crippen LogP contribution in [0.1, 0.15) is 31.2 Å². The average Bonchev–Trinajstić information content (AvgIpc) is 2.53. The van der Waals surface area contributed by atoms with Gasteiger partial charge in [0.15, 0.2) is 0 Å². The Hall–Kier alpha value is -1.33. The molecule has 1 aliphatic heterocycles. The van der Waals surface area contributed by atoms with Crippen LogP contribution >= 0.6 is 15.9 Å². The molecule has 2 aliphatic rings. The van der Waals surface area contributed by atoms with Crippen LogP contribution in [0.15, 0.2) is 28.2 Å². The lowest BCUT2D eigenvalue weighted by Crippen LogP contribution is -2.36. The summed E-state index contributed by atoms with van der Waals surface area (Å²) in [5, 5.41) is 12.6. The molecule has 4 nitrogen and oxygen atoms in total. The van der Waals surface area contributed by atoms with Crippen molar-refractivity contribution in [2.75, 3.05) is 13.2 Å². The summed E-state index contributed by atoms with van der Waals surface area (Å²) in [5.41, 5.74) is 2.33. The van der Waals surface area contributed by atoms with Crippen LogP contribution in [0.3, 0.4) is 0 Å². The Morgan fingerprint density at radius 2 is 2.09 bits per heavy atom. The molecule has 0 amide bonds. The van der Waals surface area contributed by atoms with Gasteiger partial charge in [0.2, 0.25) is 0 Å². The van der Waals surface area contributed by atoms with Gasteiger partial charge >= 0.3 is 5.97 Å². The molecular formula is C17H20BrNO3. The summed E-state index contributed by atoms with van der Waals surface area (Å²) in [4.78, 5) is 11.0. The van der Waals surface area contributed by atoms with E-state index in [0.29, 0.717) is 12.6 Å². The maximum absolute atomic E-state index is 11.0. The van der Waals surface area contributed by atoms with Crippen LogP contribution in [-0.4, -0.2) is 30.3 Å². The van der Waals surface area contributed by atoms with E-state index < -0.39 is 5.97 Å². The van der Waals surface area contributed by atoms with Crippen LogP contribution in [0.25, 0.3) is 6.08 Å². The van der Waals surface area contributed by atoms with Gasteiger partial charge < -0.3 is 15.2 Å². The highest BCUT2D eigenvalue weighted by molar-refractivity contribution is 9.10. The van der Waals surface area contributed by atoms with Crippen LogP contribution in [0.5, 0.6) is 5.75 Å². The monoisotopic (exact) mass is 365 g/mol. The van der Waals surface area contributed by atoms with Crippen molar-refractivity contribution in [3.63, 3.8) is 0 Å². The van der Waals surface area contributed by atoms with Gasteiger partial charge in [0.1, 0.15) is 12.4 Å². The summed E-state index contributed by atoms with van der Waals surface area (Å²) in [5.74, 6) is 0.123. The molecule has 118 valence electrons. The molecule has 1 aromatic rings. The minimum atomic E-state index is -0.649. The first kappa shape index (κ1) is 15.6. The summed E-state index contributed by atoms with van der Waals surface area (Å²) < 4.78 is 6.82. The van der Waals surface area contributed by atoms with Gasteiger partial charge in [-0.1, -0.05) is 15.9 Å². The molecule has 1 fully saturated rings. The van der Waals surface area contributed by atoms with E-state index in [1.54, 1.807) is 0 Å². The fourth-order valence-electron chi connectivity index (χ4n) is 3.12. The van der Waals surface area contributed by atoms with Crippen molar-refractivity contribution < 1.29 is 14.6 Å². The zero-order chi connectivity index (χ0) is 15.5. The van der Waals surface area contributed by atoms with E-state index >= 15 is 0 Å². The molecule has 0 saturated heterocycles. The number of halogens is 1. The highest BCUT2D eigenvalue weighted by atomic mass is 79.9. The number of benzene rings is 1. The van der Waals surface area contributed by atoms with Crippen LogP contribution in [0.4, 0.5) is 0 Å². The highest BCUT2D eigenvalue weighted by Crippen LogP contribution is 2.29. The molecule has 5 heteroatoms. The van der Waals surface area contributed by atoms with Gasteiger partial charge in [-0.15, -0.1) is 0 Å². The molecule has 0 atom stereocenters. The topological polar surface area (TPSA) is 58.6 Å². The van der Waals surface area contributed by atoms with Gasteiger partial charge in [0, 0.05) is 22.6 Å². The van der Waals surface area contributed by atoms with Crippen molar-refractivity contribution in [1.29, 1.82) is 0 Å². The summed E-state index contributed by atoms with van der Waals surface area (Å²) in [6.07, 6.45) is 5.61. The van der Waals surface area contributed by atoms with Gasteiger partial charge in [0.25, 0.3) is 0 Å². The van der Waals surface area contributed by atoms with Gasteiger partial charge in [-0.25, -0.2) is 0 Å². The molecule has 0 radical (unpaired) electrons. The Bertz CT molecular complexity index is 592. The second kappa shape index (κ2) is 6.84. The predicted molar refractivity (Wildman–Crippen MR) is 89.0 cm³/mol. The van der Waals surface area contributed by atoms with E-state index in [9.17, 15) is 4.79 Å². The van der Waals surface area contributed by atoms with E-state index in [4.69, 9.17) is 9.84 Å². The zero-order valence-corrected chi connectivity index (χ0v) is 13.9. The van der Waals surface area contributed by atoms with Crippen LogP contribution in [-0.2, 0) is 4.79 Å². The molecule has 3 rings (SSSR count). The molecule has 0 aromatic heterocycles. The van der Waals surface area contributed by atoms with Crippen molar-refractivity contribution in [1.82, 2.24) is 5.32 Å². The van der Waals surface area contributed by atoms with Gasteiger partial charge in [-0.2, -0.15) is 0 Å². The summed E-state index contributed by atoms with van der Waals surface area (Å²) in [6.45, 7) is 1.42. The lowest BCUT2D eigenvalue weighted by molar-refractivity contribution is -0.142. The Balaban J connectivity index is 1.53. The van der Waals surface area contributed by atoms with Gasteiger partial charge in [0.05, 0.1) is 5.92 Å². The zero-order valence-electron chi connectivity index (χ0n) is 12.3. The van der Waals surface area contributed by atoms with Crippen molar-refractivity contribution in [3.8, 4) is 5.75 Å². The molecule has 0 unspecified atom stereocenters. The van der Waals surface area contributed by atoms with E-state index in [-0.39, 0.29) is 5.92 Å². The number of fused-ring (bicyclic) bond motifs is 1. The molecule has 0 spiro atoms. The van der Waals surface area contributed by atoms with E-state index in [0.717, 1.165) is 48.0 Å². The quantitative estimate of drug-likeness (QED) is 0.857. The number of nitrogens with one attached hydrogen (secondary N) is 1. The van der Waals surface area contributed by atoms with E-state index in [2.05, 4.69) is 33.4 Å². The second-order valence-corrected chi connectivity index (χ2v) is 6.96. The van der Waals surface area contributed by atoms with Crippen LogP contribution in [0.2, 0.25) is 0 Å². The third-order valence-electron chi connectivity index (χ3n) is 4.44. The number of rotatable bonds is 4. The molecule has 1 aliphatic carbocycles. The molecule has 2 N–H and O–H groups in total. The Labute approximate surface area is 138 Å². The average molecular weight is 366 g/mol. The maximum Gasteiger partial charge on any atom is 0.306 e. The summed E-state index contributed by atoms with van der Waals surface area (Å²) >= 11 is 3.48.